The van der Waals surface area contributed by atoms with Crippen LogP contribution in [-0.4, -0.2) is 24.0 Å². The molecule has 1 unspecified atom stereocenters. The van der Waals surface area contributed by atoms with Crippen LogP contribution in [0.25, 0.3) is 0 Å². The van der Waals surface area contributed by atoms with Crippen molar-refractivity contribution in [1.29, 1.82) is 0 Å². The summed E-state index contributed by atoms with van der Waals surface area (Å²) in [5.74, 6) is -0.295. The smallest absolute Gasteiger partial charge is 0.129 e. The molecule has 0 saturated carbocycles. The van der Waals surface area contributed by atoms with Gasteiger partial charge in [-0.15, -0.1) is 0 Å². The van der Waals surface area contributed by atoms with Crippen molar-refractivity contribution in [2.75, 3.05) is 13.6 Å². The molecule has 0 bridgehead atoms. The van der Waals surface area contributed by atoms with Crippen LogP contribution in [0.1, 0.15) is 38.8 Å². The quantitative estimate of drug-likeness (QED) is 0.887. The summed E-state index contributed by atoms with van der Waals surface area (Å²) in [6.07, 6.45) is 0.967. The zero-order valence-corrected chi connectivity index (χ0v) is 12.3. The lowest BCUT2D eigenvalue weighted by Gasteiger charge is -2.40. The van der Waals surface area contributed by atoms with Gasteiger partial charge in [0.2, 0.25) is 0 Å². The Labute approximate surface area is 114 Å². The van der Waals surface area contributed by atoms with Crippen LogP contribution in [0.3, 0.4) is 0 Å². The normalized spacial score (nSPS) is 14.0. The van der Waals surface area contributed by atoms with Crippen molar-refractivity contribution in [3.8, 4) is 0 Å². The third-order valence-corrected chi connectivity index (χ3v) is 4.07. The topological polar surface area (TPSA) is 29.3 Å². The molecular weight excluding hydrogens is 251 g/mol. The van der Waals surface area contributed by atoms with Crippen LogP contribution in [0, 0.1) is 5.82 Å². The Bertz CT molecular complexity index is 407. The van der Waals surface area contributed by atoms with Crippen LogP contribution < -0.4 is 5.73 Å². The third kappa shape index (κ3) is 3.22. The molecule has 102 valence electrons. The Hall–Kier alpha value is -0.640. The summed E-state index contributed by atoms with van der Waals surface area (Å²) in [6, 6.07) is 4.62. The van der Waals surface area contributed by atoms with Gasteiger partial charge in [-0.1, -0.05) is 24.6 Å². The second-order valence-corrected chi connectivity index (χ2v) is 5.63. The third-order valence-electron chi connectivity index (χ3n) is 3.83. The standard InChI is InChI=1S/C14H22ClFN2/c1-5-14(2,3)18(4)13(9-17)11-7-6-10(15)8-12(11)16/h6-8,13H,5,9,17H2,1-4H3. The molecule has 0 aliphatic heterocycles. The second kappa shape index (κ2) is 6.00. The summed E-state index contributed by atoms with van der Waals surface area (Å²) in [5, 5.41) is 0.407. The Morgan fingerprint density at radius 3 is 2.50 bits per heavy atom. The molecule has 2 nitrogen and oxygen atoms in total. The van der Waals surface area contributed by atoms with Crippen molar-refractivity contribution >= 4 is 11.6 Å². The number of rotatable bonds is 5. The zero-order chi connectivity index (χ0) is 13.9. The van der Waals surface area contributed by atoms with E-state index in [0.717, 1.165) is 6.42 Å². The first-order chi connectivity index (χ1) is 8.33. The van der Waals surface area contributed by atoms with Crippen LogP contribution in [-0.2, 0) is 0 Å². The van der Waals surface area contributed by atoms with Crippen molar-refractivity contribution < 1.29 is 4.39 Å². The van der Waals surface area contributed by atoms with Gasteiger partial charge >= 0.3 is 0 Å². The Kier molecular flexibility index (Phi) is 5.14. The van der Waals surface area contributed by atoms with E-state index < -0.39 is 0 Å². The number of halogens is 2. The van der Waals surface area contributed by atoms with Gasteiger partial charge in [0.15, 0.2) is 0 Å². The van der Waals surface area contributed by atoms with Crippen molar-refractivity contribution in [1.82, 2.24) is 4.90 Å². The molecule has 0 aliphatic carbocycles. The van der Waals surface area contributed by atoms with E-state index in [9.17, 15) is 4.39 Å². The molecule has 0 saturated heterocycles. The number of benzene rings is 1. The van der Waals surface area contributed by atoms with Gasteiger partial charge in [-0.05, 0) is 39.4 Å². The van der Waals surface area contributed by atoms with Gasteiger partial charge in [0.1, 0.15) is 5.82 Å². The minimum atomic E-state index is -0.295. The first-order valence-corrected chi connectivity index (χ1v) is 6.59. The summed E-state index contributed by atoms with van der Waals surface area (Å²) in [5.41, 5.74) is 6.39. The van der Waals surface area contributed by atoms with Crippen LogP contribution in [0.2, 0.25) is 5.02 Å². The summed E-state index contributed by atoms with van der Waals surface area (Å²) < 4.78 is 14.0. The molecule has 1 aromatic rings. The minimum Gasteiger partial charge on any atom is -0.329 e. The maximum Gasteiger partial charge on any atom is 0.129 e. The highest BCUT2D eigenvalue weighted by molar-refractivity contribution is 6.30. The maximum absolute atomic E-state index is 14.0. The molecule has 0 spiro atoms. The zero-order valence-electron chi connectivity index (χ0n) is 11.5. The molecule has 18 heavy (non-hydrogen) atoms. The summed E-state index contributed by atoms with van der Waals surface area (Å²) >= 11 is 5.78. The fourth-order valence-electron chi connectivity index (χ4n) is 1.94. The minimum absolute atomic E-state index is 0.0316. The molecule has 0 heterocycles. The predicted molar refractivity (Wildman–Crippen MR) is 75.3 cm³/mol. The number of hydrogen-bond acceptors (Lipinski definition) is 2. The summed E-state index contributed by atoms with van der Waals surface area (Å²) in [6.45, 7) is 6.74. The molecule has 0 radical (unpaired) electrons. The van der Waals surface area contributed by atoms with Crippen LogP contribution in [0.5, 0.6) is 0 Å². The fraction of sp³-hybridized carbons (Fsp3) is 0.571. The Balaban J connectivity index is 3.10. The highest BCUT2D eigenvalue weighted by atomic mass is 35.5. The Morgan fingerprint density at radius 2 is 2.06 bits per heavy atom. The second-order valence-electron chi connectivity index (χ2n) is 5.19. The highest BCUT2D eigenvalue weighted by Crippen LogP contribution is 2.30. The van der Waals surface area contributed by atoms with Crippen LogP contribution >= 0.6 is 11.6 Å². The number of hydrogen-bond donors (Lipinski definition) is 1. The van der Waals surface area contributed by atoms with Crippen molar-refractivity contribution in [3.05, 3.63) is 34.6 Å². The average molecular weight is 273 g/mol. The molecule has 2 N–H and O–H groups in total. The van der Waals surface area contributed by atoms with E-state index in [1.54, 1.807) is 12.1 Å². The molecular formula is C14H22ClFN2. The molecule has 0 fully saturated rings. The van der Waals surface area contributed by atoms with Crippen LogP contribution in [0.15, 0.2) is 18.2 Å². The Morgan fingerprint density at radius 1 is 1.44 bits per heavy atom. The van der Waals surface area contributed by atoms with E-state index in [2.05, 4.69) is 25.7 Å². The average Bonchev–Trinajstić information content (AvgIpc) is 2.32. The molecule has 0 aliphatic rings. The SMILES string of the molecule is CCC(C)(C)N(C)C(CN)c1ccc(Cl)cc1F. The lowest BCUT2D eigenvalue weighted by Crippen LogP contribution is -2.45. The number of nitrogens with two attached hydrogens (primary N) is 1. The van der Waals surface area contributed by atoms with Gasteiger partial charge in [0.25, 0.3) is 0 Å². The van der Waals surface area contributed by atoms with Crippen molar-refractivity contribution in [2.45, 2.75) is 38.8 Å². The van der Waals surface area contributed by atoms with E-state index in [1.165, 1.54) is 6.07 Å². The predicted octanol–water partition coefficient (Wildman–Crippen LogP) is 3.60. The number of nitrogens with zero attached hydrogens (tertiary/aromatic N) is 1. The van der Waals surface area contributed by atoms with E-state index in [1.807, 2.05) is 7.05 Å². The monoisotopic (exact) mass is 272 g/mol. The largest absolute Gasteiger partial charge is 0.329 e. The fourth-order valence-corrected chi connectivity index (χ4v) is 2.10. The van der Waals surface area contributed by atoms with E-state index in [4.69, 9.17) is 17.3 Å². The lowest BCUT2D eigenvalue weighted by atomic mass is 9.94. The van der Waals surface area contributed by atoms with Gasteiger partial charge in [0.05, 0.1) is 6.04 Å². The summed E-state index contributed by atoms with van der Waals surface area (Å²) in [4.78, 5) is 2.12. The van der Waals surface area contributed by atoms with Gasteiger partial charge in [0, 0.05) is 22.7 Å². The molecule has 1 rings (SSSR count). The van der Waals surface area contributed by atoms with E-state index >= 15 is 0 Å². The first kappa shape index (κ1) is 15.4. The van der Waals surface area contributed by atoms with Crippen molar-refractivity contribution in [3.63, 3.8) is 0 Å². The molecule has 0 aromatic heterocycles. The highest BCUT2D eigenvalue weighted by Gasteiger charge is 2.29. The van der Waals surface area contributed by atoms with E-state index in [-0.39, 0.29) is 17.4 Å². The maximum atomic E-state index is 14.0. The first-order valence-electron chi connectivity index (χ1n) is 6.21. The molecule has 4 heteroatoms. The van der Waals surface area contributed by atoms with Gasteiger partial charge in [-0.3, -0.25) is 4.90 Å². The van der Waals surface area contributed by atoms with Crippen molar-refractivity contribution in [2.24, 2.45) is 5.73 Å². The van der Waals surface area contributed by atoms with Gasteiger partial charge in [-0.2, -0.15) is 0 Å². The molecule has 0 amide bonds. The van der Waals surface area contributed by atoms with E-state index in [0.29, 0.717) is 17.1 Å². The number of likely N-dealkylation sites (N-methyl/N-ethyl adjacent to an activating group) is 1. The molecule has 1 aromatic carbocycles. The van der Waals surface area contributed by atoms with Gasteiger partial charge in [-0.25, -0.2) is 4.39 Å². The summed E-state index contributed by atoms with van der Waals surface area (Å²) in [7, 11) is 1.98. The van der Waals surface area contributed by atoms with Crippen LogP contribution in [0.4, 0.5) is 4.39 Å². The molecule has 1 atom stereocenters. The van der Waals surface area contributed by atoms with Gasteiger partial charge < -0.3 is 5.73 Å². The lowest BCUT2D eigenvalue weighted by molar-refractivity contribution is 0.0985.